The third kappa shape index (κ3) is 6.05. The lowest BCUT2D eigenvalue weighted by atomic mass is 10.1. The molecule has 2 aromatic carbocycles. The standard InChI is InChI=1S/C23H27NO2S/c1-19(2)21(4)18-24(17-9-8-12-22-10-6-5-7-11-22)27(25,26)23-15-13-20(3)14-16-23/h5-8,10-16H,1,4,9,17-18H2,2-3H3/b12-8+. The van der Waals surface area contributed by atoms with Gasteiger partial charge in [-0.1, -0.05) is 78.9 Å². The zero-order valence-corrected chi connectivity index (χ0v) is 16.9. The van der Waals surface area contributed by atoms with Gasteiger partial charge < -0.3 is 0 Å². The first kappa shape index (κ1) is 20.9. The SMILES string of the molecule is C=C(C)C(=C)CN(CC/C=C/c1ccccc1)S(=O)(=O)c1ccc(C)cc1. The van der Waals surface area contributed by atoms with Crippen LogP contribution < -0.4 is 0 Å². The third-order valence-electron chi connectivity index (χ3n) is 4.28. The number of hydrogen-bond acceptors (Lipinski definition) is 2. The summed E-state index contributed by atoms with van der Waals surface area (Å²) >= 11 is 0. The predicted octanol–water partition coefficient (Wildman–Crippen LogP) is 5.22. The van der Waals surface area contributed by atoms with Crippen LogP contribution in [0, 0.1) is 6.92 Å². The van der Waals surface area contributed by atoms with Crippen LogP contribution in [-0.4, -0.2) is 25.8 Å². The molecule has 27 heavy (non-hydrogen) atoms. The Kier molecular flexibility index (Phi) is 7.34. The molecule has 0 atom stereocenters. The molecule has 0 unspecified atom stereocenters. The molecule has 0 radical (unpaired) electrons. The van der Waals surface area contributed by atoms with E-state index in [4.69, 9.17) is 0 Å². The van der Waals surface area contributed by atoms with Gasteiger partial charge in [0.1, 0.15) is 0 Å². The minimum absolute atomic E-state index is 0.241. The van der Waals surface area contributed by atoms with Crippen molar-refractivity contribution in [3.8, 4) is 0 Å². The minimum atomic E-state index is -3.59. The van der Waals surface area contributed by atoms with Crippen molar-refractivity contribution in [2.24, 2.45) is 0 Å². The van der Waals surface area contributed by atoms with Gasteiger partial charge in [-0.3, -0.25) is 0 Å². The molecule has 4 heteroatoms. The summed E-state index contributed by atoms with van der Waals surface area (Å²) in [6, 6.07) is 16.9. The van der Waals surface area contributed by atoms with E-state index in [2.05, 4.69) is 13.2 Å². The van der Waals surface area contributed by atoms with E-state index >= 15 is 0 Å². The van der Waals surface area contributed by atoms with E-state index in [0.717, 1.165) is 22.3 Å². The average molecular weight is 382 g/mol. The van der Waals surface area contributed by atoms with Crippen LogP contribution >= 0.6 is 0 Å². The molecule has 0 aliphatic carbocycles. The molecule has 0 heterocycles. The van der Waals surface area contributed by atoms with Crippen LogP contribution in [-0.2, 0) is 10.0 Å². The highest BCUT2D eigenvalue weighted by atomic mass is 32.2. The van der Waals surface area contributed by atoms with E-state index in [1.54, 1.807) is 12.1 Å². The fourth-order valence-electron chi connectivity index (χ4n) is 2.49. The monoisotopic (exact) mass is 381 g/mol. The Bertz CT molecular complexity index is 911. The van der Waals surface area contributed by atoms with Gasteiger partial charge >= 0.3 is 0 Å². The molecule has 0 spiro atoms. The van der Waals surface area contributed by atoms with Gasteiger partial charge in [0.25, 0.3) is 0 Å². The molecule has 0 fully saturated rings. The van der Waals surface area contributed by atoms with Gasteiger partial charge in [0.2, 0.25) is 10.0 Å². The molecular weight excluding hydrogens is 354 g/mol. The second-order valence-corrected chi connectivity index (χ2v) is 8.58. The maximum Gasteiger partial charge on any atom is 0.243 e. The summed E-state index contributed by atoms with van der Waals surface area (Å²) in [5.74, 6) is 0. The smallest absolute Gasteiger partial charge is 0.207 e. The Morgan fingerprint density at radius 3 is 2.26 bits per heavy atom. The van der Waals surface area contributed by atoms with Crippen LogP contribution in [0.2, 0.25) is 0 Å². The average Bonchev–Trinajstić information content (AvgIpc) is 2.65. The van der Waals surface area contributed by atoms with Gasteiger partial charge in [-0.05, 0) is 43.5 Å². The molecule has 3 nitrogen and oxygen atoms in total. The highest BCUT2D eigenvalue weighted by Gasteiger charge is 2.24. The van der Waals surface area contributed by atoms with Crippen molar-refractivity contribution >= 4 is 16.1 Å². The molecule has 0 saturated carbocycles. The second kappa shape index (κ2) is 9.49. The van der Waals surface area contributed by atoms with Crippen LogP contribution in [0.4, 0.5) is 0 Å². The molecule has 0 aliphatic rings. The number of nitrogens with zero attached hydrogens (tertiary/aromatic N) is 1. The zero-order chi connectivity index (χ0) is 19.9. The Balaban J connectivity index is 2.17. The highest BCUT2D eigenvalue weighted by molar-refractivity contribution is 7.89. The Labute approximate surface area is 163 Å². The molecule has 2 aromatic rings. The van der Waals surface area contributed by atoms with Crippen LogP contribution in [0.25, 0.3) is 6.08 Å². The first-order valence-electron chi connectivity index (χ1n) is 8.93. The van der Waals surface area contributed by atoms with Crippen molar-refractivity contribution in [1.82, 2.24) is 4.31 Å². The normalized spacial score (nSPS) is 11.8. The number of sulfonamides is 1. The summed E-state index contributed by atoms with van der Waals surface area (Å²) in [5.41, 5.74) is 3.63. The molecule has 0 N–H and O–H groups in total. The highest BCUT2D eigenvalue weighted by Crippen LogP contribution is 2.19. The summed E-state index contributed by atoms with van der Waals surface area (Å²) < 4.78 is 27.7. The lowest BCUT2D eigenvalue weighted by Gasteiger charge is -2.23. The quantitative estimate of drug-likeness (QED) is 0.558. The van der Waals surface area contributed by atoms with Crippen LogP contribution in [0.3, 0.4) is 0 Å². The largest absolute Gasteiger partial charge is 0.243 e. The summed E-state index contributed by atoms with van der Waals surface area (Å²) in [4.78, 5) is 0.301. The molecular formula is C23H27NO2S. The van der Waals surface area contributed by atoms with Gasteiger partial charge in [0, 0.05) is 13.1 Å². The summed E-state index contributed by atoms with van der Waals surface area (Å²) in [6.45, 7) is 12.2. The first-order valence-corrected chi connectivity index (χ1v) is 10.4. The molecule has 0 aliphatic heterocycles. The van der Waals surface area contributed by atoms with Crippen molar-refractivity contribution < 1.29 is 8.42 Å². The third-order valence-corrected chi connectivity index (χ3v) is 6.14. The van der Waals surface area contributed by atoms with Crippen molar-refractivity contribution in [3.63, 3.8) is 0 Å². The van der Waals surface area contributed by atoms with Gasteiger partial charge in [-0.15, -0.1) is 0 Å². The van der Waals surface area contributed by atoms with Crippen molar-refractivity contribution in [1.29, 1.82) is 0 Å². The van der Waals surface area contributed by atoms with E-state index in [1.165, 1.54) is 4.31 Å². The summed E-state index contributed by atoms with van der Waals surface area (Å²) in [5, 5.41) is 0. The Hall–Kier alpha value is -2.43. The van der Waals surface area contributed by atoms with Gasteiger partial charge in [-0.2, -0.15) is 4.31 Å². The van der Waals surface area contributed by atoms with Crippen molar-refractivity contribution in [3.05, 3.63) is 96.1 Å². The number of benzene rings is 2. The molecule has 0 saturated heterocycles. The fourth-order valence-corrected chi connectivity index (χ4v) is 3.94. The minimum Gasteiger partial charge on any atom is -0.207 e. The Morgan fingerprint density at radius 2 is 1.67 bits per heavy atom. The summed E-state index contributed by atoms with van der Waals surface area (Å²) in [6.07, 6.45) is 4.62. The van der Waals surface area contributed by atoms with E-state index in [0.29, 0.717) is 17.9 Å². The molecule has 0 aromatic heterocycles. The van der Waals surface area contributed by atoms with Crippen molar-refractivity contribution in [2.75, 3.05) is 13.1 Å². The van der Waals surface area contributed by atoms with Crippen LogP contribution in [0.5, 0.6) is 0 Å². The molecule has 0 bridgehead atoms. The molecule has 2 rings (SSSR count). The Morgan fingerprint density at radius 1 is 1.04 bits per heavy atom. The van der Waals surface area contributed by atoms with E-state index in [1.807, 2.05) is 68.5 Å². The van der Waals surface area contributed by atoms with E-state index in [9.17, 15) is 8.42 Å². The van der Waals surface area contributed by atoms with Gasteiger partial charge in [-0.25, -0.2) is 8.42 Å². The number of aryl methyl sites for hydroxylation is 1. The maximum atomic E-state index is 13.1. The summed E-state index contributed by atoms with van der Waals surface area (Å²) in [7, 11) is -3.59. The molecule has 142 valence electrons. The van der Waals surface area contributed by atoms with Crippen LogP contribution in [0.1, 0.15) is 24.5 Å². The molecule has 0 amide bonds. The predicted molar refractivity (Wildman–Crippen MR) is 114 cm³/mol. The van der Waals surface area contributed by atoms with E-state index < -0.39 is 10.0 Å². The lowest BCUT2D eigenvalue weighted by Crippen LogP contribution is -2.33. The topological polar surface area (TPSA) is 37.4 Å². The fraction of sp³-hybridized carbons (Fsp3) is 0.217. The van der Waals surface area contributed by atoms with Crippen LogP contribution in [0.15, 0.2) is 89.9 Å². The van der Waals surface area contributed by atoms with Gasteiger partial charge in [0.05, 0.1) is 4.90 Å². The first-order chi connectivity index (χ1) is 12.8. The maximum absolute atomic E-state index is 13.1. The number of hydrogen-bond donors (Lipinski definition) is 0. The second-order valence-electron chi connectivity index (χ2n) is 6.64. The zero-order valence-electron chi connectivity index (χ0n) is 16.1. The van der Waals surface area contributed by atoms with E-state index in [-0.39, 0.29) is 6.54 Å². The van der Waals surface area contributed by atoms with Gasteiger partial charge in [0.15, 0.2) is 0 Å². The number of rotatable bonds is 9. The lowest BCUT2D eigenvalue weighted by molar-refractivity contribution is 0.442. The van der Waals surface area contributed by atoms with Crippen molar-refractivity contribution in [2.45, 2.75) is 25.2 Å².